The van der Waals surface area contributed by atoms with E-state index in [1.165, 1.54) is 24.3 Å². The molecule has 2 aromatic rings. The van der Waals surface area contributed by atoms with E-state index in [2.05, 4.69) is 22.2 Å². The normalized spacial score (nSPS) is 11.4. The topological polar surface area (TPSA) is 80.3 Å². The summed E-state index contributed by atoms with van der Waals surface area (Å²) in [5, 5.41) is 5.42. The Morgan fingerprint density at radius 1 is 1.21 bits per heavy atom. The highest BCUT2D eigenvalue weighted by Gasteiger charge is 2.15. The summed E-state index contributed by atoms with van der Waals surface area (Å²) in [5.74, 6) is -0.851. The van der Waals surface area contributed by atoms with Crippen LogP contribution in [0.1, 0.15) is 37.2 Å². The summed E-state index contributed by atoms with van der Waals surface area (Å²) in [7, 11) is 0. The first-order chi connectivity index (χ1) is 13.4. The van der Waals surface area contributed by atoms with E-state index in [4.69, 9.17) is 4.74 Å². The predicted molar refractivity (Wildman–Crippen MR) is 105 cm³/mol. The Hall–Kier alpha value is -3.22. The molecule has 0 aliphatic rings. The molecule has 6 nitrogen and oxygen atoms in total. The van der Waals surface area contributed by atoms with E-state index < -0.39 is 0 Å². The number of halogens is 1. The van der Waals surface area contributed by atoms with Crippen LogP contribution >= 0.6 is 0 Å². The first kappa shape index (κ1) is 21.1. The number of hydrogen-bond donors (Lipinski definition) is 2. The quantitative estimate of drug-likeness (QED) is 0.686. The van der Waals surface area contributed by atoms with Gasteiger partial charge in [-0.25, -0.2) is 9.37 Å². The van der Waals surface area contributed by atoms with E-state index in [1.54, 1.807) is 25.1 Å². The third-order valence-corrected chi connectivity index (χ3v) is 3.98. The van der Waals surface area contributed by atoms with E-state index in [0.717, 1.165) is 0 Å². The third kappa shape index (κ3) is 6.50. The summed E-state index contributed by atoms with van der Waals surface area (Å²) in [6, 6.07) is 10.5. The lowest BCUT2D eigenvalue weighted by Crippen LogP contribution is -2.25. The van der Waals surface area contributed by atoms with Gasteiger partial charge in [0.05, 0.1) is 6.61 Å². The first-order valence-electron chi connectivity index (χ1n) is 9.04. The van der Waals surface area contributed by atoms with Gasteiger partial charge in [-0.3, -0.25) is 9.59 Å². The molecule has 1 unspecified atom stereocenters. The maximum Gasteiger partial charge on any atom is 0.274 e. The molecule has 2 N–H and O–H groups in total. The molecule has 28 heavy (non-hydrogen) atoms. The lowest BCUT2D eigenvalue weighted by Gasteiger charge is -2.14. The summed E-state index contributed by atoms with van der Waals surface area (Å²) >= 11 is 0. The summed E-state index contributed by atoms with van der Waals surface area (Å²) in [6.07, 6.45) is 0.938. The van der Waals surface area contributed by atoms with E-state index >= 15 is 0 Å². The highest BCUT2D eigenvalue weighted by Crippen LogP contribution is 2.15. The maximum absolute atomic E-state index is 12.9. The van der Waals surface area contributed by atoms with Crippen LogP contribution in [0.5, 0.6) is 5.88 Å². The number of carbonyl (C=O) groups is 2. The van der Waals surface area contributed by atoms with Crippen LogP contribution < -0.4 is 15.4 Å². The van der Waals surface area contributed by atoms with Crippen LogP contribution in [-0.4, -0.2) is 23.4 Å². The maximum atomic E-state index is 12.9. The van der Waals surface area contributed by atoms with Crippen molar-refractivity contribution in [3.05, 3.63) is 66.3 Å². The number of nitrogens with zero attached hydrogens (tertiary/aromatic N) is 1. The summed E-state index contributed by atoms with van der Waals surface area (Å²) in [4.78, 5) is 28.6. The molecule has 0 fully saturated rings. The highest BCUT2D eigenvalue weighted by molar-refractivity contribution is 5.93. The Labute approximate surface area is 163 Å². The molecule has 2 rings (SSSR count). The summed E-state index contributed by atoms with van der Waals surface area (Å²) in [6.45, 7) is 7.92. The number of rotatable bonds is 9. The Morgan fingerprint density at radius 2 is 1.93 bits per heavy atom. The van der Waals surface area contributed by atoms with Gasteiger partial charge in [-0.2, -0.15) is 0 Å². The number of amides is 2. The van der Waals surface area contributed by atoms with Gasteiger partial charge in [0, 0.05) is 23.4 Å². The molecule has 0 aliphatic carbocycles. The van der Waals surface area contributed by atoms with Crippen molar-refractivity contribution in [1.29, 1.82) is 0 Å². The number of hydrogen-bond acceptors (Lipinski definition) is 4. The molecule has 0 saturated heterocycles. The fraction of sp³-hybridized carbons (Fsp3) is 0.286. The number of ether oxygens (including phenoxy) is 1. The molecule has 0 radical (unpaired) electrons. The van der Waals surface area contributed by atoms with Crippen LogP contribution in [0.15, 0.2) is 54.7 Å². The minimum absolute atomic E-state index is 0.184. The number of anilines is 1. The van der Waals surface area contributed by atoms with Crippen LogP contribution in [0.2, 0.25) is 0 Å². The Kier molecular flexibility index (Phi) is 7.68. The third-order valence-electron chi connectivity index (χ3n) is 3.98. The number of benzene rings is 1. The Balaban J connectivity index is 1.80. The van der Waals surface area contributed by atoms with Crippen molar-refractivity contribution < 1.29 is 18.7 Å². The largest absolute Gasteiger partial charge is 0.478 e. The molecular formula is C21H24FN3O3. The van der Waals surface area contributed by atoms with Gasteiger partial charge in [-0.1, -0.05) is 19.6 Å². The molecule has 7 heteroatoms. The van der Waals surface area contributed by atoms with Crippen LogP contribution in [-0.2, 0) is 4.79 Å². The zero-order valence-electron chi connectivity index (χ0n) is 16.0. The predicted octanol–water partition coefficient (Wildman–Crippen LogP) is 3.92. The van der Waals surface area contributed by atoms with Crippen molar-refractivity contribution in [2.45, 2.75) is 26.7 Å². The number of pyridine rings is 1. The number of nitrogens with one attached hydrogen (secondary N) is 2. The molecular weight excluding hydrogens is 361 g/mol. The van der Waals surface area contributed by atoms with Crippen molar-refractivity contribution in [1.82, 2.24) is 10.3 Å². The zero-order valence-corrected chi connectivity index (χ0v) is 16.0. The lowest BCUT2D eigenvalue weighted by atomic mass is 10.0. The van der Waals surface area contributed by atoms with Gasteiger partial charge < -0.3 is 15.4 Å². The van der Waals surface area contributed by atoms with Crippen molar-refractivity contribution in [3.8, 4) is 5.88 Å². The number of aromatic nitrogens is 1. The van der Waals surface area contributed by atoms with Gasteiger partial charge in [0.1, 0.15) is 11.5 Å². The molecule has 1 heterocycles. The second kappa shape index (κ2) is 10.2. The number of carbonyl (C=O) groups excluding carboxylic acids is 2. The first-order valence-corrected chi connectivity index (χ1v) is 9.04. The van der Waals surface area contributed by atoms with E-state index in [-0.39, 0.29) is 29.2 Å². The van der Waals surface area contributed by atoms with Crippen LogP contribution in [0.25, 0.3) is 0 Å². The average molecular weight is 385 g/mol. The Bertz CT molecular complexity index is 837. The second-order valence-corrected chi connectivity index (χ2v) is 6.29. The fourth-order valence-corrected chi connectivity index (χ4v) is 2.38. The monoisotopic (exact) mass is 385 g/mol. The molecule has 0 saturated carbocycles. The van der Waals surface area contributed by atoms with Crippen molar-refractivity contribution in [2.24, 2.45) is 5.92 Å². The zero-order chi connectivity index (χ0) is 20.5. The smallest absolute Gasteiger partial charge is 0.274 e. The van der Waals surface area contributed by atoms with Gasteiger partial charge in [0.25, 0.3) is 5.91 Å². The SMILES string of the molecule is C=C(CCC(C)C(=O)Nc1ccc(F)cc1)NC(=O)c1cccc(OCC)n1. The second-order valence-electron chi connectivity index (χ2n) is 6.29. The van der Waals surface area contributed by atoms with Crippen LogP contribution in [0, 0.1) is 11.7 Å². The molecule has 1 atom stereocenters. The van der Waals surface area contributed by atoms with Crippen molar-refractivity contribution in [2.75, 3.05) is 11.9 Å². The van der Waals surface area contributed by atoms with E-state index in [1.807, 2.05) is 6.92 Å². The Morgan fingerprint density at radius 3 is 2.61 bits per heavy atom. The highest BCUT2D eigenvalue weighted by atomic mass is 19.1. The van der Waals surface area contributed by atoms with Crippen molar-refractivity contribution in [3.63, 3.8) is 0 Å². The van der Waals surface area contributed by atoms with Crippen molar-refractivity contribution >= 4 is 17.5 Å². The van der Waals surface area contributed by atoms with Gasteiger partial charge in [-0.05, 0) is 50.1 Å². The van der Waals surface area contributed by atoms with Crippen LogP contribution in [0.4, 0.5) is 10.1 Å². The summed E-state index contributed by atoms with van der Waals surface area (Å²) in [5.41, 5.74) is 1.26. The average Bonchev–Trinajstić information content (AvgIpc) is 2.68. The molecule has 1 aromatic carbocycles. The molecule has 0 aliphatic heterocycles. The molecule has 0 bridgehead atoms. The van der Waals surface area contributed by atoms with Gasteiger partial charge >= 0.3 is 0 Å². The minimum Gasteiger partial charge on any atom is -0.478 e. The number of allylic oxidation sites excluding steroid dienone is 1. The lowest BCUT2D eigenvalue weighted by molar-refractivity contribution is -0.119. The standard InChI is InChI=1S/C21H24FN3O3/c1-4-28-19-7-5-6-18(25-19)21(27)23-15(3)9-8-14(2)20(26)24-17-12-10-16(22)11-13-17/h5-7,10-14H,3-4,8-9H2,1-2H3,(H,23,27)(H,24,26). The molecule has 2 amide bonds. The van der Waals surface area contributed by atoms with Crippen LogP contribution in [0.3, 0.4) is 0 Å². The molecule has 148 valence electrons. The van der Waals surface area contributed by atoms with Gasteiger partial charge in [-0.15, -0.1) is 0 Å². The van der Waals surface area contributed by atoms with E-state index in [9.17, 15) is 14.0 Å². The van der Waals surface area contributed by atoms with Gasteiger partial charge in [0.15, 0.2) is 0 Å². The molecule has 1 aromatic heterocycles. The fourth-order valence-electron chi connectivity index (χ4n) is 2.38. The van der Waals surface area contributed by atoms with Gasteiger partial charge in [0.2, 0.25) is 11.8 Å². The molecule has 0 spiro atoms. The minimum atomic E-state index is -0.380. The van der Waals surface area contributed by atoms with E-state index in [0.29, 0.717) is 36.7 Å². The summed E-state index contributed by atoms with van der Waals surface area (Å²) < 4.78 is 18.2.